The summed E-state index contributed by atoms with van der Waals surface area (Å²) in [5.41, 5.74) is -1.04. The van der Waals surface area contributed by atoms with E-state index in [-0.39, 0.29) is 10.0 Å². The number of hydrogen-bond acceptors (Lipinski definition) is 2. The highest BCUT2D eigenvalue weighted by atomic mass is 79.9. The zero-order valence-corrected chi connectivity index (χ0v) is 9.21. The second-order valence-electron chi connectivity index (χ2n) is 2.98. The number of carboxylic acid groups (broad SMARTS) is 1. The number of rotatable bonds is 2. The highest BCUT2D eigenvalue weighted by molar-refractivity contribution is 9.10. The highest BCUT2D eigenvalue weighted by Crippen LogP contribution is 2.35. The quantitative estimate of drug-likeness (QED) is 0.882. The lowest BCUT2D eigenvalue weighted by atomic mass is 10.1. The minimum atomic E-state index is -4.52. The smallest absolute Gasteiger partial charge is 0.417 e. The molecular formula is C9H6BrF3O3. The number of carboxylic acids is 1. The highest BCUT2D eigenvalue weighted by Gasteiger charge is 2.33. The molecule has 0 aliphatic carbocycles. The fraction of sp³-hybridized carbons (Fsp3) is 0.222. The Morgan fingerprint density at radius 2 is 1.94 bits per heavy atom. The van der Waals surface area contributed by atoms with Crippen molar-refractivity contribution in [1.29, 1.82) is 0 Å². The number of aliphatic hydroxyl groups is 1. The van der Waals surface area contributed by atoms with Crippen LogP contribution in [-0.2, 0) is 11.0 Å². The summed E-state index contributed by atoms with van der Waals surface area (Å²) in [5, 5.41) is 17.6. The van der Waals surface area contributed by atoms with Gasteiger partial charge in [0.15, 0.2) is 6.10 Å². The fourth-order valence-corrected chi connectivity index (χ4v) is 1.70. The van der Waals surface area contributed by atoms with Crippen molar-refractivity contribution in [2.75, 3.05) is 0 Å². The lowest BCUT2D eigenvalue weighted by molar-refractivity contribution is -0.146. The van der Waals surface area contributed by atoms with Gasteiger partial charge in [0.1, 0.15) is 0 Å². The number of halogens is 4. The molecule has 1 aromatic carbocycles. The number of alkyl halides is 3. The molecule has 1 unspecified atom stereocenters. The van der Waals surface area contributed by atoms with E-state index >= 15 is 0 Å². The van der Waals surface area contributed by atoms with Crippen molar-refractivity contribution < 1.29 is 28.2 Å². The van der Waals surface area contributed by atoms with Crippen molar-refractivity contribution in [2.24, 2.45) is 0 Å². The van der Waals surface area contributed by atoms with Crippen LogP contribution in [0, 0.1) is 0 Å². The van der Waals surface area contributed by atoms with E-state index in [1.807, 2.05) is 0 Å². The molecule has 0 aliphatic heterocycles. The van der Waals surface area contributed by atoms with E-state index in [4.69, 9.17) is 10.2 Å². The molecule has 0 spiro atoms. The maximum Gasteiger partial charge on any atom is 0.417 e. The first kappa shape index (κ1) is 13.0. The SMILES string of the molecule is O=C(O)C(O)c1ccc(C(F)(F)F)c(Br)c1. The number of aliphatic carboxylic acids is 1. The molecule has 0 heterocycles. The van der Waals surface area contributed by atoms with Crippen LogP contribution in [0.25, 0.3) is 0 Å². The Morgan fingerprint density at radius 3 is 2.31 bits per heavy atom. The third kappa shape index (κ3) is 2.73. The predicted molar refractivity (Wildman–Crippen MR) is 51.7 cm³/mol. The summed E-state index contributed by atoms with van der Waals surface area (Å²) in [5.74, 6) is -1.52. The van der Waals surface area contributed by atoms with Crippen molar-refractivity contribution in [3.63, 3.8) is 0 Å². The first-order chi connectivity index (χ1) is 7.23. The number of hydrogen-bond donors (Lipinski definition) is 2. The van der Waals surface area contributed by atoms with Crippen LogP contribution in [-0.4, -0.2) is 16.2 Å². The van der Waals surface area contributed by atoms with E-state index in [2.05, 4.69) is 15.9 Å². The van der Waals surface area contributed by atoms with E-state index in [0.717, 1.165) is 12.1 Å². The molecule has 88 valence electrons. The summed E-state index contributed by atoms with van der Waals surface area (Å²) in [7, 11) is 0. The lowest BCUT2D eigenvalue weighted by Gasteiger charge is -2.11. The summed E-state index contributed by atoms with van der Waals surface area (Å²) in [6, 6.07) is 2.57. The third-order valence-electron chi connectivity index (χ3n) is 1.85. The van der Waals surface area contributed by atoms with Crippen LogP contribution < -0.4 is 0 Å². The first-order valence-electron chi connectivity index (χ1n) is 4.01. The van der Waals surface area contributed by atoms with Gasteiger partial charge in [-0.3, -0.25) is 0 Å². The summed E-state index contributed by atoms with van der Waals surface area (Å²) < 4.78 is 36.7. The fourth-order valence-electron chi connectivity index (χ4n) is 1.07. The maximum atomic E-state index is 12.3. The van der Waals surface area contributed by atoms with Crippen LogP contribution in [0.1, 0.15) is 17.2 Å². The standard InChI is InChI=1S/C9H6BrF3O3/c10-6-3-4(7(14)8(15)16)1-2-5(6)9(11,12)13/h1-3,7,14H,(H,15,16). The Hall–Kier alpha value is -1.08. The van der Waals surface area contributed by atoms with E-state index in [9.17, 15) is 18.0 Å². The van der Waals surface area contributed by atoms with Gasteiger partial charge >= 0.3 is 12.1 Å². The molecular weight excluding hydrogens is 293 g/mol. The van der Waals surface area contributed by atoms with Crippen molar-refractivity contribution >= 4 is 21.9 Å². The minimum absolute atomic E-state index is 0.118. The average molecular weight is 299 g/mol. The van der Waals surface area contributed by atoms with Crippen molar-refractivity contribution in [1.82, 2.24) is 0 Å². The molecule has 1 aromatic rings. The Morgan fingerprint density at radius 1 is 1.38 bits per heavy atom. The van der Waals surface area contributed by atoms with Gasteiger partial charge in [0.2, 0.25) is 0 Å². The summed E-state index contributed by atoms with van der Waals surface area (Å²) in [6.07, 6.45) is -6.36. The molecule has 3 nitrogen and oxygen atoms in total. The second kappa shape index (κ2) is 4.42. The number of carbonyl (C=O) groups is 1. The van der Waals surface area contributed by atoms with Crippen molar-refractivity contribution in [2.45, 2.75) is 12.3 Å². The molecule has 1 rings (SSSR count). The predicted octanol–water partition coefficient (Wildman–Crippen LogP) is 2.59. The van der Waals surface area contributed by atoms with Crippen LogP contribution in [0.2, 0.25) is 0 Å². The topological polar surface area (TPSA) is 57.5 Å². The summed E-state index contributed by atoms with van der Waals surface area (Å²) >= 11 is 2.68. The molecule has 0 bridgehead atoms. The van der Waals surface area contributed by atoms with Gasteiger partial charge in [-0.1, -0.05) is 22.0 Å². The van der Waals surface area contributed by atoms with Gasteiger partial charge in [-0.2, -0.15) is 13.2 Å². The first-order valence-corrected chi connectivity index (χ1v) is 4.80. The normalized spacial score (nSPS) is 13.6. The van der Waals surface area contributed by atoms with Crippen LogP contribution in [0.5, 0.6) is 0 Å². The minimum Gasteiger partial charge on any atom is -0.479 e. The Kier molecular flexibility index (Phi) is 3.59. The Labute approximate surface area is 96.6 Å². The van der Waals surface area contributed by atoms with E-state index in [0.29, 0.717) is 6.07 Å². The number of benzene rings is 1. The molecule has 0 saturated heterocycles. The van der Waals surface area contributed by atoms with Gasteiger partial charge in [-0.25, -0.2) is 4.79 Å². The molecule has 0 aliphatic rings. The molecule has 0 radical (unpaired) electrons. The van der Waals surface area contributed by atoms with Gasteiger partial charge in [-0.05, 0) is 17.7 Å². The van der Waals surface area contributed by atoms with E-state index in [1.54, 1.807) is 0 Å². The summed E-state index contributed by atoms with van der Waals surface area (Å²) in [6.45, 7) is 0. The van der Waals surface area contributed by atoms with Gasteiger partial charge in [0.25, 0.3) is 0 Å². The molecule has 2 N–H and O–H groups in total. The zero-order chi connectivity index (χ0) is 12.5. The number of aliphatic hydroxyl groups excluding tert-OH is 1. The van der Waals surface area contributed by atoms with Crippen LogP contribution >= 0.6 is 15.9 Å². The second-order valence-corrected chi connectivity index (χ2v) is 3.83. The van der Waals surface area contributed by atoms with E-state index < -0.39 is 23.8 Å². The van der Waals surface area contributed by atoms with Gasteiger partial charge in [0, 0.05) is 4.47 Å². The summed E-state index contributed by atoms with van der Waals surface area (Å²) in [4.78, 5) is 10.4. The molecule has 0 aromatic heterocycles. The maximum absolute atomic E-state index is 12.3. The Bertz CT molecular complexity index is 417. The molecule has 0 fully saturated rings. The molecule has 0 amide bonds. The Balaban J connectivity index is 3.14. The van der Waals surface area contributed by atoms with Gasteiger partial charge in [0.05, 0.1) is 5.56 Å². The molecule has 0 saturated carbocycles. The molecule has 7 heteroatoms. The lowest BCUT2D eigenvalue weighted by Crippen LogP contribution is -2.12. The third-order valence-corrected chi connectivity index (χ3v) is 2.50. The van der Waals surface area contributed by atoms with Crippen LogP contribution in [0.15, 0.2) is 22.7 Å². The average Bonchev–Trinajstić information content (AvgIpc) is 2.14. The van der Waals surface area contributed by atoms with Crippen LogP contribution in [0.3, 0.4) is 0 Å². The van der Waals surface area contributed by atoms with Crippen molar-refractivity contribution in [3.8, 4) is 0 Å². The van der Waals surface area contributed by atoms with Crippen LogP contribution in [0.4, 0.5) is 13.2 Å². The zero-order valence-electron chi connectivity index (χ0n) is 7.62. The monoisotopic (exact) mass is 298 g/mol. The molecule has 16 heavy (non-hydrogen) atoms. The van der Waals surface area contributed by atoms with Crippen molar-refractivity contribution in [3.05, 3.63) is 33.8 Å². The molecule has 1 atom stereocenters. The van der Waals surface area contributed by atoms with Gasteiger partial charge in [-0.15, -0.1) is 0 Å². The largest absolute Gasteiger partial charge is 0.479 e. The van der Waals surface area contributed by atoms with E-state index in [1.165, 1.54) is 0 Å². The van der Waals surface area contributed by atoms with Gasteiger partial charge < -0.3 is 10.2 Å².